The number of thioether (sulfide) groups is 1. The molecule has 1 amide bonds. The second-order valence-corrected chi connectivity index (χ2v) is 8.70. The molecule has 3 aromatic rings. The molecule has 1 atom stereocenters. The Balaban J connectivity index is 1.49. The highest BCUT2D eigenvalue weighted by atomic mass is 32.2. The molecule has 0 saturated carbocycles. The highest BCUT2D eigenvalue weighted by molar-refractivity contribution is 7.99. The standard InChI is InChI=1S/C24H28N4O3S/c1-18-8-6-7-15-27(18)23(29)17-32-24-26-25-22(28(24)19-9-4-3-5-10-19)16-31-21-13-11-20(30-2)12-14-21/h3-5,9-14,18H,6-8,15-17H2,1-2H3/t18-/m0/s1. The molecule has 0 N–H and O–H groups in total. The van der Waals surface area contributed by atoms with E-state index >= 15 is 0 Å². The van der Waals surface area contributed by atoms with Crippen LogP contribution in [-0.4, -0.2) is 51.0 Å². The molecule has 0 radical (unpaired) electrons. The lowest BCUT2D eigenvalue weighted by atomic mass is 10.0. The van der Waals surface area contributed by atoms with E-state index in [4.69, 9.17) is 9.47 Å². The molecule has 0 bridgehead atoms. The number of hydrogen-bond donors (Lipinski definition) is 0. The van der Waals surface area contributed by atoms with Gasteiger partial charge in [-0.05, 0) is 62.6 Å². The lowest BCUT2D eigenvalue weighted by Crippen LogP contribution is -2.42. The Morgan fingerprint density at radius 3 is 2.53 bits per heavy atom. The van der Waals surface area contributed by atoms with Gasteiger partial charge in [-0.3, -0.25) is 9.36 Å². The molecular weight excluding hydrogens is 424 g/mol. The number of piperidine rings is 1. The van der Waals surface area contributed by atoms with Crippen molar-refractivity contribution in [2.24, 2.45) is 0 Å². The summed E-state index contributed by atoms with van der Waals surface area (Å²) >= 11 is 1.42. The molecule has 4 rings (SSSR count). The number of para-hydroxylation sites is 1. The molecule has 8 heteroatoms. The highest BCUT2D eigenvalue weighted by Crippen LogP contribution is 2.25. The number of aromatic nitrogens is 3. The molecule has 7 nitrogen and oxygen atoms in total. The van der Waals surface area contributed by atoms with Gasteiger partial charge in [0.2, 0.25) is 5.91 Å². The molecule has 1 aliphatic heterocycles. The van der Waals surface area contributed by atoms with Crippen molar-refractivity contribution in [3.8, 4) is 17.2 Å². The van der Waals surface area contributed by atoms with Gasteiger partial charge in [-0.2, -0.15) is 0 Å². The molecule has 1 fully saturated rings. The fourth-order valence-corrected chi connectivity index (χ4v) is 4.68. The average Bonchev–Trinajstić information content (AvgIpc) is 3.25. The van der Waals surface area contributed by atoms with Crippen molar-refractivity contribution in [2.75, 3.05) is 19.4 Å². The number of carbonyl (C=O) groups excluding carboxylic acids is 1. The predicted molar refractivity (Wildman–Crippen MR) is 124 cm³/mol. The van der Waals surface area contributed by atoms with Crippen LogP contribution in [0, 0.1) is 0 Å². The maximum Gasteiger partial charge on any atom is 0.233 e. The Hall–Kier alpha value is -3.00. The molecule has 0 spiro atoms. The number of methoxy groups -OCH3 is 1. The van der Waals surface area contributed by atoms with Gasteiger partial charge in [-0.25, -0.2) is 0 Å². The van der Waals surface area contributed by atoms with E-state index in [1.807, 2.05) is 64.1 Å². The van der Waals surface area contributed by atoms with Crippen LogP contribution in [0.5, 0.6) is 11.5 Å². The molecule has 0 aliphatic carbocycles. The molecule has 1 aliphatic rings. The zero-order valence-corrected chi connectivity index (χ0v) is 19.3. The molecule has 1 aromatic heterocycles. The van der Waals surface area contributed by atoms with Gasteiger partial charge in [0.15, 0.2) is 11.0 Å². The van der Waals surface area contributed by atoms with Crippen LogP contribution in [0.1, 0.15) is 32.0 Å². The summed E-state index contributed by atoms with van der Waals surface area (Å²) in [5.74, 6) is 2.66. The van der Waals surface area contributed by atoms with Crippen LogP contribution in [-0.2, 0) is 11.4 Å². The molecule has 1 saturated heterocycles. The number of benzene rings is 2. The number of rotatable bonds is 8. The van der Waals surface area contributed by atoms with Crippen molar-refractivity contribution in [1.29, 1.82) is 0 Å². The second kappa shape index (κ2) is 10.5. The topological polar surface area (TPSA) is 69.5 Å². The summed E-state index contributed by atoms with van der Waals surface area (Å²) in [4.78, 5) is 14.8. The van der Waals surface area contributed by atoms with Crippen molar-refractivity contribution in [3.63, 3.8) is 0 Å². The number of nitrogens with zero attached hydrogens (tertiary/aromatic N) is 4. The Labute approximate surface area is 192 Å². The van der Waals surface area contributed by atoms with Crippen molar-refractivity contribution in [1.82, 2.24) is 19.7 Å². The monoisotopic (exact) mass is 452 g/mol. The van der Waals surface area contributed by atoms with Crippen LogP contribution in [0.15, 0.2) is 59.8 Å². The van der Waals surface area contributed by atoms with Crippen LogP contribution >= 0.6 is 11.8 Å². The van der Waals surface area contributed by atoms with Crippen molar-refractivity contribution in [2.45, 2.75) is 44.0 Å². The SMILES string of the molecule is COc1ccc(OCc2nnc(SCC(=O)N3CCCC[C@@H]3C)n2-c2ccccc2)cc1. The van der Waals surface area contributed by atoms with E-state index in [1.165, 1.54) is 18.2 Å². The van der Waals surface area contributed by atoms with E-state index in [0.717, 1.165) is 36.6 Å². The van der Waals surface area contributed by atoms with Gasteiger partial charge >= 0.3 is 0 Å². The van der Waals surface area contributed by atoms with E-state index < -0.39 is 0 Å². The van der Waals surface area contributed by atoms with Crippen LogP contribution < -0.4 is 9.47 Å². The fraction of sp³-hybridized carbons (Fsp3) is 0.375. The molecule has 2 heterocycles. The van der Waals surface area contributed by atoms with Crippen molar-refractivity contribution < 1.29 is 14.3 Å². The number of likely N-dealkylation sites (tertiary alicyclic amines) is 1. The summed E-state index contributed by atoms with van der Waals surface area (Å²) in [5.41, 5.74) is 0.937. The summed E-state index contributed by atoms with van der Waals surface area (Å²) < 4.78 is 13.1. The predicted octanol–water partition coefficient (Wildman–Crippen LogP) is 4.35. The fourth-order valence-electron chi connectivity index (χ4n) is 3.82. The zero-order chi connectivity index (χ0) is 22.3. The molecule has 0 unspecified atom stereocenters. The smallest absolute Gasteiger partial charge is 0.233 e. The minimum atomic E-state index is 0.154. The number of hydrogen-bond acceptors (Lipinski definition) is 6. The van der Waals surface area contributed by atoms with E-state index in [1.54, 1.807) is 7.11 Å². The van der Waals surface area contributed by atoms with Crippen LogP contribution in [0.3, 0.4) is 0 Å². The third-order valence-electron chi connectivity index (χ3n) is 5.59. The van der Waals surface area contributed by atoms with Gasteiger partial charge in [0.25, 0.3) is 0 Å². The van der Waals surface area contributed by atoms with E-state index in [-0.39, 0.29) is 12.5 Å². The van der Waals surface area contributed by atoms with Gasteiger partial charge in [-0.15, -0.1) is 10.2 Å². The number of amides is 1. The minimum absolute atomic E-state index is 0.154. The van der Waals surface area contributed by atoms with Crippen LogP contribution in [0.25, 0.3) is 5.69 Å². The Morgan fingerprint density at radius 2 is 1.81 bits per heavy atom. The highest BCUT2D eigenvalue weighted by Gasteiger charge is 2.24. The van der Waals surface area contributed by atoms with Crippen LogP contribution in [0.2, 0.25) is 0 Å². The lowest BCUT2D eigenvalue weighted by Gasteiger charge is -2.33. The van der Waals surface area contributed by atoms with Gasteiger partial charge in [-0.1, -0.05) is 30.0 Å². The summed E-state index contributed by atoms with van der Waals surface area (Å²) in [7, 11) is 1.63. The maximum atomic E-state index is 12.8. The minimum Gasteiger partial charge on any atom is -0.497 e. The van der Waals surface area contributed by atoms with Gasteiger partial charge in [0.1, 0.15) is 18.1 Å². The zero-order valence-electron chi connectivity index (χ0n) is 18.4. The molecule has 168 valence electrons. The van der Waals surface area contributed by atoms with E-state index in [0.29, 0.717) is 22.8 Å². The van der Waals surface area contributed by atoms with Crippen molar-refractivity contribution in [3.05, 3.63) is 60.4 Å². The third-order valence-corrected chi connectivity index (χ3v) is 6.50. The third kappa shape index (κ3) is 5.24. The number of ether oxygens (including phenoxy) is 2. The molecule has 2 aromatic carbocycles. The quantitative estimate of drug-likeness (QED) is 0.474. The summed E-state index contributed by atoms with van der Waals surface area (Å²) in [6, 6.07) is 17.6. The van der Waals surface area contributed by atoms with Crippen molar-refractivity contribution >= 4 is 17.7 Å². The van der Waals surface area contributed by atoms with E-state index in [2.05, 4.69) is 17.1 Å². The van der Waals surface area contributed by atoms with Gasteiger partial charge in [0.05, 0.1) is 12.9 Å². The van der Waals surface area contributed by atoms with E-state index in [9.17, 15) is 4.79 Å². The van der Waals surface area contributed by atoms with Crippen LogP contribution in [0.4, 0.5) is 0 Å². The normalized spacial score (nSPS) is 16.1. The first-order chi connectivity index (χ1) is 15.7. The Morgan fingerprint density at radius 1 is 1.06 bits per heavy atom. The number of carbonyl (C=O) groups is 1. The second-order valence-electron chi connectivity index (χ2n) is 7.75. The first-order valence-electron chi connectivity index (χ1n) is 10.8. The maximum absolute atomic E-state index is 12.8. The Bertz CT molecular complexity index is 1020. The molecule has 32 heavy (non-hydrogen) atoms. The molecular formula is C24H28N4O3S. The Kier molecular flexibility index (Phi) is 7.32. The first-order valence-corrected chi connectivity index (χ1v) is 11.8. The first kappa shape index (κ1) is 22.2. The van der Waals surface area contributed by atoms with Gasteiger partial charge < -0.3 is 14.4 Å². The average molecular weight is 453 g/mol. The summed E-state index contributed by atoms with van der Waals surface area (Å²) in [6.07, 6.45) is 3.34. The van der Waals surface area contributed by atoms with Gasteiger partial charge in [0, 0.05) is 18.3 Å². The largest absolute Gasteiger partial charge is 0.497 e. The summed E-state index contributed by atoms with van der Waals surface area (Å²) in [6.45, 7) is 3.22. The summed E-state index contributed by atoms with van der Waals surface area (Å²) in [5, 5.41) is 9.42. The lowest BCUT2D eigenvalue weighted by molar-refractivity contribution is -0.131.